The number of phenols is 1. The summed E-state index contributed by atoms with van der Waals surface area (Å²) in [4.78, 5) is 12.0. The van der Waals surface area contributed by atoms with E-state index < -0.39 is 40.6 Å². The van der Waals surface area contributed by atoms with Crippen LogP contribution in [0.2, 0.25) is 0 Å². The predicted octanol–water partition coefficient (Wildman–Crippen LogP) is 4.91. The Morgan fingerprint density at radius 3 is 1.92 bits per heavy atom. The van der Waals surface area contributed by atoms with Crippen molar-refractivity contribution in [3.8, 4) is 5.75 Å². The van der Waals surface area contributed by atoms with Gasteiger partial charge in [0.05, 0.1) is 16.7 Å². The Morgan fingerprint density at radius 1 is 0.923 bits per heavy atom. The second-order valence-electron chi connectivity index (χ2n) is 5.31. The summed E-state index contributed by atoms with van der Waals surface area (Å²) in [6.07, 6.45) is -8.39. The van der Waals surface area contributed by atoms with E-state index in [2.05, 4.69) is 0 Å². The first-order valence-corrected chi connectivity index (χ1v) is 6.98. The lowest BCUT2D eigenvalue weighted by molar-refractivity contribution is -0.143. The number of benzene rings is 2. The molecule has 0 heterocycles. The molecule has 2 aromatic rings. The molecule has 3 nitrogen and oxygen atoms in total. The number of phenolic OH excluding ortho intramolecular Hbond substituents is 1. The number of allylic oxidation sites excluding steroid dienone is 1. The molecule has 0 spiro atoms. The van der Waals surface area contributed by atoms with Crippen molar-refractivity contribution in [1.29, 1.82) is 0 Å². The van der Waals surface area contributed by atoms with Gasteiger partial charge in [-0.2, -0.15) is 26.3 Å². The third-order valence-electron chi connectivity index (χ3n) is 3.32. The van der Waals surface area contributed by atoms with Crippen molar-refractivity contribution in [2.75, 3.05) is 5.73 Å². The summed E-state index contributed by atoms with van der Waals surface area (Å²) in [7, 11) is 0. The molecule has 0 fully saturated rings. The minimum atomic E-state index is -4.98. The first-order chi connectivity index (χ1) is 11.9. The van der Waals surface area contributed by atoms with Gasteiger partial charge < -0.3 is 10.8 Å². The summed E-state index contributed by atoms with van der Waals surface area (Å²) >= 11 is 0. The van der Waals surface area contributed by atoms with Gasteiger partial charge in [0, 0.05) is 11.8 Å². The molecule has 0 bridgehead atoms. The molecule has 26 heavy (non-hydrogen) atoms. The zero-order valence-electron chi connectivity index (χ0n) is 12.8. The van der Waals surface area contributed by atoms with Crippen LogP contribution in [0.5, 0.6) is 5.75 Å². The average molecular weight is 375 g/mol. The molecule has 2 rings (SSSR count). The van der Waals surface area contributed by atoms with Crippen molar-refractivity contribution in [3.05, 3.63) is 64.7 Å². The molecular weight excluding hydrogens is 364 g/mol. The summed E-state index contributed by atoms with van der Waals surface area (Å²) in [6, 6.07) is 4.55. The molecule has 0 aliphatic carbocycles. The summed E-state index contributed by atoms with van der Waals surface area (Å²) in [5.41, 5.74) is 1.94. The van der Waals surface area contributed by atoms with Crippen molar-refractivity contribution in [3.63, 3.8) is 0 Å². The first kappa shape index (κ1) is 19.4. The number of hydrogen-bond acceptors (Lipinski definition) is 3. The number of halogens is 6. The number of alkyl halides is 6. The minimum absolute atomic E-state index is 0.00897. The molecule has 2 aromatic carbocycles. The molecule has 0 aliphatic heterocycles. The van der Waals surface area contributed by atoms with Gasteiger partial charge in [-0.05, 0) is 42.0 Å². The highest BCUT2D eigenvalue weighted by atomic mass is 19.4. The van der Waals surface area contributed by atoms with E-state index in [0.29, 0.717) is 12.1 Å². The maximum atomic E-state index is 12.8. The van der Waals surface area contributed by atoms with Crippen LogP contribution in [0.25, 0.3) is 6.08 Å². The third kappa shape index (κ3) is 4.56. The molecule has 0 unspecified atom stereocenters. The van der Waals surface area contributed by atoms with Gasteiger partial charge in [0.15, 0.2) is 5.78 Å². The lowest BCUT2D eigenvalue weighted by Gasteiger charge is -2.12. The van der Waals surface area contributed by atoms with E-state index in [1.165, 1.54) is 12.1 Å². The monoisotopic (exact) mass is 375 g/mol. The quantitative estimate of drug-likeness (QED) is 0.347. The van der Waals surface area contributed by atoms with Crippen LogP contribution in [-0.2, 0) is 12.4 Å². The molecule has 0 saturated heterocycles. The topological polar surface area (TPSA) is 63.3 Å². The van der Waals surface area contributed by atoms with Crippen LogP contribution in [0.4, 0.5) is 32.0 Å². The molecule has 0 amide bonds. The molecular formula is C17H11F6NO2. The minimum Gasteiger partial charge on any atom is -0.507 e. The van der Waals surface area contributed by atoms with Gasteiger partial charge in [-0.15, -0.1) is 0 Å². The van der Waals surface area contributed by atoms with E-state index in [0.717, 1.165) is 18.2 Å². The van der Waals surface area contributed by atoms with Gasteiger partial charge >= 0.3 is 12.4 Å². The number of hydrogen-bond donors (Lipinski definition) is 2. The smallest absolute Gasteiger partial charge is 0.416 e. The molecule has 0 aromatic heterocycles. The summed E-state index contributed by atoms with van der Waals surface area (Å²) in [5.74, 6) is -1.27. The first-order valence-electron chi connectivity index (χ1n) is 6.98. The number of rotatable bonds is 3. The van der Waals surface area contributed by atoms with E-state index in [9.17, 15) is 36.2 Å². The largest absolute Gasteiger partial charge is 0.507 e. The number of anilines is 1. The Bertz CT molecular complexity index is 836. The Hall–Kier alpha value is -2.97. The highest BCUT2D eigenvalue weighted by Gasteiger charge is 2.36. The Morgan fingerprint density at radius 2 is 1.46 bits per heavy atom. The Labute approximate surface area is 143 Å². The molecule has 0 radical (unpaired) electrons. The van der Waals surface area contributed by atoms with Crippen LogP contribution in [0.3, 0.4) is 0 Å². The van der Waals surface area contributed by atoms with E-state index >= 15 is 0 Å². The van der Waals surface area contributed by atoms with Crippen LogP contribution in [0.15, 0.2) is 42.5 Å². The van der Waals surface area contributed by atoms with Gasteiger partial charge in [0.2, 0.25) is 0 Å². The SMILES string of the molecule is Nc1ccc(C(=O)/C=C/c2cc(C(F)(F)F)cc(C(F)(F)F)c2)c(O)c1. The second-order valence-corrected chi connectivity index (χ2v) is 5.31. The lowest BCUT2D eigenvalue weighted by Crippen LogP contribution is -2.11. The van der Waals surface area contributed by atoms with Crippen molar-refractivity contribution in [1.82, 2.24) is 0 Å². The molecule has 9 heteroatoms. The van der Waals surface area contributed by atoms with Gasteiger partial charge in [-0.3, -0.25) is 4.79 Å². The van der Waals surface area contributed by atoms with Gasteiger partial charge in [-0.25, -0.2) is 0 Å². The number of aromatic hydroxyl groups is 1. The van der Waals surface area contributed by atoms with Crippen molar-refractivity contribution >= 4 is 17.5 Å². The van der Waals surface area contributed by atoms with E-state index in [4.69, 9.17) is 5.73 Å². The highest BCUT2D eigenvalue weighted by Crippen LogP contribution is 2.36. The van der Waals surface area contributed by atoms with Crippen LogP contribution in [0, 0.1) is 0 Å². The fourth-order valence-corrected chi connectivity index (χ4v) is 2.09. The number of nitrogens with two attached hydrogens (primary N) is 1. The summed E-state index contributed by atoms with van der Waals surface area (Å²) in [6.45, 7) is 0. The zero-order chi connectivity index (χ0) is 19.7. The van der Waals surface area contributed by atoms with Crippen molar-refractivity contribution in [2.45, 2.75) is 12.4 Å². The standard InChI is InChI=1S/C17H11F6NO2/c18-16(19,20)10-5-9(6-11(7-10)17(21,22)23)1-4-14(25)13-3-2-12(24)8-15(13)26/h1-8,26H,24H2/b4-1+. The fraction of sp³-hybridized carbons (Fsp3) is 0.118. The van der Waals surface area contributed by atoms with E-state index in [1.807, 2.05) is 0 Å². The zero-order valence-corrected chi connectivity index (χ0v) is 12.8. The van der Waals surface area contributed by atoms with Crippen LogP contribution < -0.4 is 5.73 Å². The van der Waals surface area contributed by atoms with Crippen LogP contribution >= 0.6 is 0 Å². The van der Waals surface area contributed by atoms with Crippen molar-refractivity contribution < 1.29 is 36.2 Å². The predicted molar refractivity (Wildman–Crippen MR) is 82.3 cm³/mol. The number of nitrogen functional groups attached to an aromatic ring is 1. The van der Waals surface area contributed by atoms with Crippen LogP contribution in [-0.4, -0.2) is 10.9 Å². The third-order valence-corrected chi connectivity index (χ3v) is 3.32. The Kier molecular flexibility index (Phi) is 5.02. The number of carbonyl (C=O) groups excluding carboxylic acids is 1. The molecule has 0 saturated carbocycles. The molecule has 138 valence electrons. The van der Waals surface area contributed by atoms with Gasteiger partial charge in [-0.1, -0.05) is 6.08 Å². The average Bonchev–Trinajstić information content (AvgIpc) is 2.50. The number of carbonyl (C=O) groups is 1. The lowest BCUT2D eigenvalue weighted by atomic mass is 10.0. The van der Waals surface area contributed by atoms with Gasteiger partial charge in [0.25, 0.3) is 0 Å². The molecule has 0 atom stereocenters. The maximum Gasteiger partial charge on any atom is 0.416 e. The Balaban J connectivity index is 2.41. The van der Waals surface area contributed by atoms with Crippen LogP contribution in [0.1, 0.15) is 27.0 Å². The van der Waals surface area contributed by atoms with E-state index in [-0.39, 0.29) is 17.3 Å². The van der Waals surface area contributed by atoms with E-state index in [1.54, 1.807) is 0 Å². The number of ketones is 1. The highest BCUT2D eigenvalue weighted by molar-refractivity contribution is 6.08. The fourth-order valence-electron chi connectivity index (χ4n) is 2.09. The summed E-state index contributed by atoms with van der Waals surface area (Å²) < 4.78 is 76.7. The molecule has 3 N–H and O–H groups in total. The van der Waals surface area contributed by atoms with Crippen molar-refractivity contribution in [2.24, 2.45) is 0 Å². The normalized spacial score (nSPS) is 12.5. The summed E-state index contributed by atoms with van der Waals surface area (Å²) in [5, 5.41) is 9.63. The van der Waals surface area contributed by atoms with Gasteiger partial charge in [0.1, 0.15) is 5.75 Å². The maximum absolute atomic E-state index is 12.8. The second kappa shape index (κ2) is 6.74. The molecule has 0 aliphatic rings.